The van der Waals surface area contributed by atoms with Crippen LogP contribution in [-0.4, -0.2) is 56.1 Å². The third kappa shape index (κ3) is 2.96. The van der Waals surface area contributed by atoms with Crippen molar-refractivity contribution in [2.45, 2.75) is 32.2 Å². The third-order valence-electron chi connectivity index (χ3n) is 4.30. The summed E-state index contributed by atoms with van der Waals surface area (Å²) < 4.78 is 0. The highest BCUT2D eigenvalue weighted by atomic mass is 15.2. The Morgan fingerprint density at radius 1 is 1.19 bits per heavy atom. The van der Waals surface area contributed by atoms with E-state index < -0.39 is 0 Å². The fourth-order valence-corrected chi connectivity index (χ4v) is 2.61. The summed E-state index contributed by atoms with van der Waals surface area (Å²) in [6.45, 7) is 7.69. The van der Waals surface area contributed by atoms with Crippen molar-refractivity contribution in [3.63, 3.8) is 0 Å². The van der Waals surface area contributed by atoms with Gasteiger partial charge in [-0.15, -0.1) is 0 Å². The van der Waals surface area contributed by atoms with Gasteiger partial charge in [0.05, 0.1) is 0 Å². The van der Waals surface area contributed by atoms with E-state index in [1.54, 1.807) is 0 Å². The van der Waals surface area contributed by atoms with Crippen LogP contribution in [0.4, 0.5) is 0 Å². The molecule has 1 saturated carbocycles. The van der Waals surface area contributed by atoms with Gasteiger partial charge in [0.2, 0.25) is 0 Å². The highest BCUT2D eigenvalue weighted by Gasteiger charge is 2.46. The smallest absolute Gasteiger partial charge is 0.0334 e. The molecule has 0 atom stereocenters. The Hall–Kier alpha value is -0.120. The van der Waals surface area contributed by atoms with Gasteiger partial charge in [-0.05, 0) is 45.8 Å². The maximum atomic E-state index is 5.98. The molecule has 1 aliphatic carbocycles. The molecule has 0 unspecified atom stereocenters. The van der Waals surface area contributed by atoms with E-state index in [9.17, 15) is 0 Å². The fourth-order valence-electron chi connectivity index (χ4n) is 2.61. The van der Waals surface area contributed by atoms with Crippen LogP contribution in [-0.2, 0) is 0 Å². The summed E-state index contributed by atoms with van der Waals surface area (Å²) in [5, 5.41) is 0. The van der Waals surface area contributed by atoms with Crippen LogP contribution in [0.1, 0.15) is 26.7 Å². The molecular weight excluding hydrogens is 198 g/mol. The second-order valence-corrected chi connectivity index (χ2v) is 6.07. The lowest BCUT2D eigenvalue weighted by Gasteiger charge is -2.54. The molecule has 2 N–H and O–H groups in total. The Morgan fingerprint density at radius 2 is 1.75 bits per heavy atom. The molecule has 3 nitrogen and oxygen atoms in total. The highest BCUT2D eigenvalue weighted by Crippen LogP contribution is 2.44. The first-order valence-electron chi connectivity index (χ1n) is 6.47. The molecule has 0 aliphatic heterocycles. The molecule has 0 radical (unpaired) electrons. The molecule has 0 bridgehead atoms. The normalized spacial score (nSPS) is 30.2. The van der Waals surface area contributed by atoms with Crippen molar-refractivity contribution in [3.05, 3.63) is 0 Å². The first-order valence-corrected chi connectivity index (χ1v) is 6.47. The molecule has 0 spiro atoms. The van der Waals surface area contributed by atoms with Gasteiger partial charge in [0, 0.05) is 25.2 Å². The molecule has 0 heterocycles. The minimum absolute atomic E-state index is 0.297. The van der Waals surface area contributed by atoms with Gasteiger partial charge in [0.1, 0.15) is 0 Å². The largest absolute Gasteiger partial charge is 0.329 e. The van der Waals surface area contributed by atoms with Gasteiger partial charge in [-0.3, -0.25) is 4.90 Å². The predicted molar refractivity (Wildman–Crippen MR) is 70.5 cm³/mol. The lowest BCUT2D eigenvalue weighted by Crippen LogP contribution is -2.62. The maximum Gasteiger partial charge on any atom is 0.0334 e. The molecular formula is C13H29N3. The zero-order valence-electron chi connectivity index (χ0n) is 11.7. The van der Waals surface area contributed by atoms with Crippen molar-refractivity contribution in [1.29, 1.82) is 0 Å². The lowest BCUT2D eigenvalue weighted by molar-refractivity contribution is -0.0217. The van der Waals surface area contributed by atoms with Crippen molar-refractivity contribution in [1.82, 2.24) is 9.80 Å². The number of nitrogens with zero attached hydrogens (tertiary/aromatic N) is 2. The van der Waals surface area contributed by atoms with Gasteiger partial charge in [-0.2, -0.15) is 0 Å². The molecule has 0 aromatic carbocycles. The van der Waals surface area contributed by atoms with Crippen LogP contribution >= 0.6 is 0 Å². The Morgan fingerprint density at radius 3 is 2.12 bits per heavy atom. The topological polar surface area (TPSA) is 32.5 Å². The van der Waals surface area contributed by atoms with Crippen LogP contribution in [0.3, 0.4) is 0 Å². The molecule has 0 aromatic rings. The zero-order valence-corrected chi connectivity index (χ0v) is 11.7. The summed E-state index contributed by atoms with van der Waals surface area (Å²) in [5.41, 5.74) is 6.28. The van der Waals surface area contributed by atoms with Crippen molar-refractivity contribution in [3.8, 4) is 0 Å². The standard InChI is InChI=1S/C13H29N3/c1-11(2)12-8-13(9-12,10-14)16(5)7-6-15(3)4/h11-12H,6-10,14H2,1-5H3. The Balaban J connectivity index is 2.43. The van der Waals surface area contributed by atoms with Crippen LogP contribution < -0.4 is 5.73 Å². The van der Waals surface area contributed by atoms with Gasteiger partial charge in [0.15, 0.2) is 0 Å². The SMILES string of the molecule is CC(C)C1CC(CN)(N(C)CCN(C)C)C1. The molecule has 0 aromatic heterocycles. The summed E-state index contributed by atoms with van der Waals surface area (Å²) >= 11 is 0. The monoisotopic (exact) mass is 227 g/mol. The van der Waals surface area contributed by atoms with E-state index in [0.717, 1.165) is 31.5 Å². The van der Waals surface area contributed by atoms with Crippen molar-refractivity contribution < 1.29 is 0 Å². The number of hydrogen-bond donors (Lipinski definition) is 1. The number of hydrogen-bond acceptors (Lipinski definition) is 3. The van der Waals surface area contributed by atoms with E-state index in [4.69, 9.17) is 5.73 Å². The third-order valence-corrected chi connectivity index (χ3v) is 4.30. The second-order valence-electron chi connectivity index (χ2n) is 6.07. The minimum Gasteiger partial charge on any atom is -0.329 e. The Labute approximate surface area is 101 Å². The van der Waals surface area contributed by atoms with Crippen LogP contribution in [0.15, 0.2) is 0 Å². The van der Waals surface area contributed by atoms with E-state index in [0.29, 0.717) is 5.54 Å². The van der Waals surface area contributed by atoms with E-state index in [1.807, 2.05) is 0 Å². The molecule has 1 rings (SSSR count). The second kappa shape index (κ2) is 5.48. The fraction of sp³-hybridized carbons (Fsp3) is 1.00. The average Bonchev–Trinajstić information content (AvgIpc) is 2.13. The summed E-state index contributed by atoms with van der Waals surface area (Å²) in [6.07, 6.45) is 2.57. The predicted octanol–water partition coefficient (Wildman–Crippen LogP) is 1.24. The summed E-state index contributed by atoms with van der Waals surface area (Å²) in [7, 11) is 6.48. The lowest BCUT2D eigenvalue weighted by atomic mass is 9.63. The first-order chi connectivity index (χ1) is 7.41. The van der Waals surface area contributed by atoms with Gasteiger partial charge < -0.3 is 10.6 Å². The van der Waals surface area contributed by atoms with E-state index in [-0.39, 0.29) is 0 Å². The molecule has 16 heavy (non-hydrogen) atoms. The molecule has 96 valence electrons. The maximum absolute atomic E-state index is 5.98. The van der Waals surface area contributed by atoms with Crippen LogP contribution in [0.5, 0.6) is 0 Å². The molecule has 0 amide bonds. The summed E-state index contributed by atoms with van der Waals surface area (Å²) in [6, 6.07) is 0. The molecule has 1 fully saturated rings. The quantitative estimate of drug-likeness (QED) is 0.741. The van der Waals surface area contributed by atoms with Crippen molar-refractivity contribution >= 4 is 0 Å². The average molecular weight is 227 g/mol. The van der Waals surface area contributed by atoms with Gasteiger partial charge in [-0.1, -0.05) is 13.8 Å². The molecule has 0 saturated heterocycles. The van der Waals surface area contributed by atoms with Gasteiger partial charge in [0.25, 0.3) is 0 Å². The van der Waals surface area contributed by atoms with E-state index in [2.05, 4.69) is 44.8 Å². The number of rotatable bonds is 6. The van der Waals surface area contributed by atoms with Crippen molar-refractivity contribution in [2.24, 2.45) is 17.6 Å². The van der Waals surface area contributed by atoms with Gasteiger partial charge >= 0.3 is 0 Å². The Bertz CT molecular complexity index is 207. The van der Waals surface area contributed by atoms with Gasteiger partial charge in [-0.25, -0.2) is 0 Å². The van der Waals surface area contributed by atoms with Crippen LogP contribution in [0, 0.1) is 11.8 Å². The summed E-state index contributed by atoms with van der Waals surface area (Å²) in [5.74, 6) is 1.69. The molecule has 3 heteroatoms. The zero-order chi connectivity index (χ0) is 12.3. The van der Waals surface area contributed by atoms with Crippen LogP contribution in [0.2, 0.25) is 0 Å². The number of likely N-dealkylation sites (N-methyl/N-ethyl adjacent to an activating group) is 2. The Kier molecular flexibility index (Phi) is 4.77. The minimum atomic E-state index is 0.297. The van der Waals surface area contributed by atoms with Crippen molar-refractivity contribution in [2.75, 3.05) is 40.8 Å². The summed E-state index contributed by atoms with van der Waals surface area (Å²) in [4.78, 5) is 4.71. The first kappa shape index (κ1) is 13.9. The molecule has 1 aliphatic rings. The highest BCUT2D eigenvalue weighted by molar-refractivity contribution is 5.03. The van der Waals surface area contributed by atoms with Crippen LogP contribution in [0.25, 0.3) is 0 Å². The number of nitrogens with two attached hydrogens (primary N) is 1. The van der Waals surface area contributed by atoms with E-state index >= 15 is 0 Å². The van der Waals surface area contributed by atoms with E-state index in [1.165, 1.54) is 12.8 Å².